The van der Waals surface area contributed by atoms with Crippen molar-refractivity contribution < 1.29 is 4.74 Å². The van der Waals surface area contributed by atoms with E-state index >= 15 is 0 Å². The molecule has 1 aliphatic heterocycles. The van der Waals surface area contributed by atoms with Crippen molar-refractivity contribution in [1.82, 2.24) is 24.8 Å². The summed E-state index contributed by atoms with van der Waals surface area (Å²) in [7, 11) is 0. The van der Waals surface area contributed by atoms with Crippen LogP contribution >= 0.6 is 0 Å². The molecule has 28 heavy (non-hydrogen) atoms. The molecule has 1 saturated heterocycles. The number of hydrogen-bond donors (Lipinski definition) is 1. The minimum absolute atomic E-state index is 0.105. The maximum absolute atomic E-state index is 5.98. The first kappa shape index (κ1) is 18.5. The van der Waals surface area contributed by atoms with Crippen LogP contribution in [-0.2, 0) is 11.3 Å². The van der Waals surface area contributed by atoms with Crippen LogP contribution in [-0.4, -0.2) is 44.5 Å². The lowest BCUT2D eigenvalue weighted by Gasteiger charge is -2.32. The Hall–Kier alpha value is -2.90. The largest absolute Gasteiger partial charge is 0.369 e. The number of aromatic nitrogens is 4. The summed E-state index contributed by atoms with van der Waals surface area (Å²) in [5.74, 6) is 1.11. The van der Waals surface area contributed by atoms with Crippen LogP contribution in [0.5, 0.6) is 0 Å². The van der Waals surface area contributed by atoms with Gasteiger partial charge in [-0.05, 0) is 36.6 Å². The Morgan fingerprint density at radius 1 is 1.14 bits per heavy atom. The number of hydrogen-bond acceptors (Lipinski definition) is 7. The van der Waals surface area contributed by atoms with E-state index in [4.69, 9.17) is 4.74 Å². The summed E-state index contributed by atoms with van der Waals surface area (Å²) in [6.45, 7) is 7.58. The number of aryl methyl sites for hydroxylation is 2. The van der Waals surface area contributed by atoms with Gasteiger partial charge in [0.15, 0.2) is 5.82 Å². The van der Waals surface area contributed by atoms with Gasteiger partial charge in [-0.3, -0.25) is 9.88 Å². The highest BCUT2D eigenvalue weighted by molar-refractivity contribution is 5.45. The van der Waals surface area contributed by atoms with Gasteiger partial charge in [-0.1, -0.05) is 18.2 Å². The van der Waals surface area contributed by atoms with E-state index in [1.54, 1.807) is 30.9 Å². The van der Waals surface area contributed by atoms with Crippen molar-refractivity contribution in [1.29, 1.82) is 0 Å². The maximum Gasteiger partial charge on any atom is 0.228 e. The molecule has 4 rings (SSSR count). The zero-order valence-electron chi connectivity index (χ0n) is 16.2. The molecule has 7 nitrogen and oxygen atoms in total. The standard InChI is InChI=1S/C21H24N6O/c1-15-4-5-17(10-16(15)2)13-27-8-9-28-19(14-27)18-11-22-12-20(25-18)26-21-23-6-3-7-24-21/h3-7,10-12,19H,8-9,13-14H2,1-2H3,(H,23,24,25,26)/t19-/m1/s1. The predicted molar refractivity (Wildman–Crippen MR) is 107 cm³/mol. The molecule has 2 aromatic heterocycles. The first-order valence-electron chi connectivity index (χ1n) is 9.43. The van der Waals surface area contributed by atoms with Gasteiger partial charge in [-0.25, -0.2) is 15.0 Å². The van der Waals surface area contributed by atoms with Crippen molar-refractivity contribution in [2.45, 2.75) is 26.5 Å². The molecule has 1 fully saturated rings. The molecule has 144 valence electrons. The third kappa shape index (κ3) is 4.49. The molecule has 0 amide bonds. The summed E-state index contributed by atoms with van der Waals surface area (Å²) >= 11 is 0. The molecular weight excluding hydrogens is 352 g/mol. The van der Waals surface area contributed by atoms with E-state index in [0.717, 1.165) is 25.3 Å². The molecule has 0 bridgehead atoms. The number of morpholine rings is 1. The van der Waals surface area contributed by atoms with Crippen molar-refractivity contribution >= 4 is 11.8 Å². The number of ether oxygens (including phenoxy) is 1. The fraction of sp³-hybridized carbons (Fsp3) is 0.333. The number of nitrogens with zero attached hydrogens (tertiary/aromatic N) is 5. The van der Waals surface area contributed by atoms with Crippen molar-refractivity contribution in [2.75, 3.05) is 25.0 Å². The molecule has 1 aromatic carbocycles. The minimum atomic E-state index is -0.105. The van der Waals surface area contributed by atoms with E-state index in [2.05, 4.69) is 62.2 Å². The molecule has 0 aliphatic carbocycles. The summed E-state index contributed by atoms with van der Waals surface area (Å²) in [4.78, 5) is 19.7. The monoisotopic (exact) mass is 376 g/mol. The molecular formula is C21H24N6O. The SMILES string of the molecule is Cc1ccc(CN2CCO[C@@H](c3cncc(Nc4ncccn4)n3)C2)cc1C. The van der Waals surface area contributed by atoms with Crippen LogP contribution in [0.4, 0.5) is 11.8 Å². The molecule has 1 atom stereocenters. The summed E-state index contributed by atoms with van der Waals surface area (Å²) < 4.78 is 5.98. The molecule has 0 unspecified atom stereocenters. The van der Waals surface area contributed by atoms with Crippen LogP contribution < -0.4 is 5.32 Å². The third-order valence-electron chi connectivity index (χ3n) is 4.92. The normalized spacial score (nSPS) is 17.4. The summed E-state index contributed by atoms with van der Waals surface area (Å²) in [6, 6.07) is 8.43. The highest BCUT2D eigenvalue weighted by Crippen LogP contribution is 2.23. The van der Waals surface area contributed by atoms with Gasteiger partial charge in [-0.2, -0.15) is 0 Å². The molecule has 0 radical (unpaired) electrons. The zero-order chi connectivity index (χ0) is 19.3. The molecule has 7 heteroatoms. The van der Waals surface area contributed by atoms with Crippen molar-refractivity contribution in [3.8, 4) is 0 Å². The van der Waals surface area contributed by atoms with E-state index in [0.29, 0.717) is 18.4 Å². The van der Waals surface area contributed by atoms with E-state index in [9.17, 15) is 0 Å². The molecule has 0 spiro atoms. The first-order valence-corrected chi connectivity index (χ1v) is 9.43. The smallest absolute Gasteiger partial charge is 0.228 e. The van der Waals surface area contributed by atoms with Crippen LogP contribution in [0.2, 0.25) is 0 Å². The second-order valence-electron chi connectivity index (χ2n) is 7.04. The molecule has 1 aliphatic rings. The van der Waals surface area contributed by atoms with Gasteiger partial charge in [0.25, 0.3) is 0 Å². The van der Waals surface area contributed by atoms with E-state index in [-0.39, 0.29) is 6.10 Å². The Morgan fingerprint density at radius 2 is 2.00 bits per heavy atom. The van der Waals surface area contributed by atoms with Crippen molar-refractivity contribution in [3.05, 3.63) is 71.4 Å². The van der Waals surface area contributed by atoms with Crippen molar-refractivity contribution in [3.63, 3.8) is 0 Å². The number of benzene rings is 1. The van der Waals surface area contributed by atoms with Crippen LogP contribution in [0.25, 0.3) is 0 Å². The average molecular weight is 376 g/mol. The van der Waals surface area contributed by atoms with Gasteiger partial charge < -0.3 is 10.1 Å². The number of nitrogens with one attached hydrogen (secondary N) is 1. The Kier molecular flexibility index (Phi) is 5.55. The maximum atomic E-state index is 5.98. The number of anilines is 2. The molecule has 0 saturated carbocycles. The Bertz CT molecular complexity index is 933. The molecule has 3 aromatic rings. The van der Waals surface area contributed by atoms with Gasteiger partial charge in [-0.15, -0.1) is 0 Å². The minimum Gasteiger partial charge on any atom is -0.369 e. The fourth-order valence-electron chi connectivity index (χ4n) is 3.26. The topological polar surface area (TPSA) is 76.1 Å². The fourth-order valence-corrected chi connectivity index (χ4v) is 3.26. The Balaban J connectivity index is 1.44. The Labute approximate surface area is 164 Å². The quantitative estimate of drug-likeness (QED) is 0.733. The van der Waals surface area contributed by atoms with E-state index < -0.39 is 0 Å². The molecule has 1 N–H and O–H groups in total. The predicted octanol–water partition coefficient (Wildman–Crippen LogP) is 3.20. The van der Waals surface area contributed by atoms with Crippen LogP contribution in [0.3, 0.4) is 0 Å². The lowest BCUT2D eigenvalue weighted by atomic mass is 10.1. The number of rotatable bonds is 5. The summed E-state index contributed by atoms with van der Waals surface area (Å²) in [5, 5.41) is 3.08. The zero-order valence-corrected chi connectivity index (χ0v) is 16.2. The second-order valence-corrected chi connectivity index (χ2v) is 7.04. The lowest BCUT2D eigenvalue weighted by Crippen LogP contribution is -2.38. The van der Waals surface area contributed by atoms with Gasteiger partial charge in [0.2, 0.25) is 5.95 Å². The average Bonchev–Trinajstić information content (AvgIpc) is 2.72. The second kappa shape index (κ2) is 8.41. The van der Waals surface area contributed by atoms with E-state index in [1.807, 2.05) is 0 Å². The first-order chi connectivity index (χ1) is 13.7. The van der Waals surface area contributed by atoms with Crippen LogP contribution in [0, 0.1) is 13.8 Å². The molecule has 3 heterocycles. The summed E-state index contributed by atoms with van der Waals surface area (Å²) in [6.07, 6.45) is 6.69. The summed E-state index contributed by atoms with van der Waals surface area (Å²) in [5.41, 5.74) is 4.79. The highest BCUT2D eigenvalue weighted by atomic mass is 16.5. The Morgan fingerprint density at radius 3 is 2.82 bits per heavy atom. The van der Waals surface area contributed by atoms with Gasteiger partial charge in [0.1, 0.15) is 6.10 Å². The van der Waals surface area contributed by atoms with Gasteiger partial charge in [0.05, 0.1) is 24.7 Å². The lowest BCUT2D eigenvalue weighted by molar-refractivity contribution is -0.0351. The van der Waals surface area contributed by atoms with Crippen LogP contribution in [0.15, 0.2) is 49.1 Å². The van der Waals surface area contributed by atoms with Gasteiger partial charge >= 0.3 is 0 Å². The highest BCUT2D eigenvalue weighted by Gasteiger charge is 2.24. The third-order valence-corrected chi connectivity index (χ3v) is 4.92. The van der Waals surface area contributed by atoms with Crippen LogP contribution in [0.1, 0.15) is 28.5 Å². The van der Waals surface area contributed by atoms with Crippen molar-refractivity contribution in [2.24, 2.45) is 0 Å². The van der Waals surface area contributed by atoms with E-state index in [1.165, 1.54) is 16.7 Å². The van der Waals surface area contributed by atoms with Gasteiger partial charge in [0, 0.05) is 32.0 Å².